The Balaban J connectivity index is 1.44. The van der Waals surface area contributed by atoms with Gasteiger partial charge >= 0.3 is 0 Å². The van der Waals surface area contributed by atoms with Crippen molar-refractivity contribution in [1.82, 2.24) is 25.2 Å². The third-order valence-electron chi connectivity index (χ3n) is 5.14. The summed E-state index contributed by atoms with van der Waals surface area (Å²) in [6.07, 6.45) is 1.70. The molecule has 2 aromatic heterocycles. The third-order valence-corrected chi connectivity index (χ3v) is 5.14. The summed E-state index contributed by atoms with van der Waals surface area (Å²) in [6, 6.07) is 29.4. The van der Waals surface area contributed by atoms with Crippen LogP contribution in [0.2, 0.25) is 0 Å². The van der Waals surface area contributed by atoms with Gasteiger partial charge in [0.15, 0.2) is 0 Å². The summed E-state index contributed by atoms with van der Waals surface area (Å²) in [4.78, 5) is 5.74. The minimum atomic E-state index is 0.457. The third kappa shape index (κ3) is 4.43. The number of benzene rings is 3. The summed E-state index contributed by atoms with van der Waals surface area (Å²) in [5.41, 5.74) is 4.35. The Hall–Kier alpha value is -4.52. The van der Waals surface area contributed by atoms with Crippen molar-refractivity contribution in [2.45, 2.75) is 6.61 Å². The van der Waals surface area contributed by atoms with E-state index in [0.29, 0.717) is 23.9 Å². The fraction of sp³-hybridized carbons (Fsp3) is 0.0769. The lowest BCUT2D eigenvalue weighted by Gasteiger charge is -2.15. The minimum absolute atomic E-state index is 0.457. The fourth-order valence-electron chi connectivity index (χ4n) is 3.50. The molecule has 33 heavy (non-hydrogen) atoms. The molecule has 0 fully saturated rings. The van der Waals surface area contributed by atoms with Gasteiger partial charge < -0.3 is 9.47 Å². The van der Waals surface area contributed by atoms with Crippen LogP contribution in [-0.4, -0.2) is 32.3 Å². The lowest BCUT2D eigenvalue weighted by molar-refractivity contribution is 0.307. The van der Waals surface area contributed by atoms with Crippen molar-refractivity contribution >= 4 is 0 Å². The number of aromatic nitrogens is 5. The second-order valence-corrected chi connectivity index (χ2v) is 7.27. The highest BCUT2D eigenvalue weighted by atomic mass is 16.5. The van der Waals surface area contributed by atoms with Crippen LogP contribution in [0.3, 0.4) is 0 Å². The first-order valence-electron chi connectivity index (χ1n) is 10.5. The van der Waals surface area contributed by atoms with Crippen LogP contribution in [0.15, 0.2) is 97.2 Å². The molecule has 7 nitrogen and oxygen atoms in total. The van der Waals surface area contributed by atoms with Crippen molar-refractivity contribution in [1.29, 1.82) is 0 Å². The van der Waals surface area contributed by atoms with E-state index < -0.39 is 0 Å². The van der Waals surface area contributed by atoms with E-state index in [-0.39, 0.29) is 0 Å². The maximum absolute atomic E-state index is 6.14. The molecule has 0 N–H and O–H groups in total. The van der Waals surface area contributed by atoms with Crippen molar-refractivity contribution in [2.24, 2.45) is 0 Å². The Kier molecular flexibility index (Phi) is 5.75. The number of hydrogen-bond donors (Lipinski definition) is 0. The van der Waals surface area contributed by atoms with Crippen molar-refractivity contribution in [3.8, 4) is 39.8 Å². The van der Waals surface area contributed by atoms with E-state index in [1.807, 2.05) is 91.0 Å². The SMILES string of the molecule is COc1cc(-n2nnc(-c3ccccn3)n2)ccc1-c1ccccc1OCc1ccccc1. The average molecular weight is 435 g/mol. The van der Waals surface area contributed by atoms with Crippen LogP contribution < -0.4 is 9.47 Å². The highest BCUT2D eigenvalue weighted by molar-refractivity contribution is 5.77. The summed E-state index contributed by atoms with van der Waals surface area (Å²) in [7, 11) is 1.64. The first-order chi connectivity index (χ1) is 16.3. The molecule has 0 saturated carbocycles. The lowest BCUT2D eigenvalue weighted by atomic mass is 10.0. The molecule has 0 spiro atoms. The number of pyridine rings is 1. The van der Waals surface area contributed by atoms with Gasteiger partial charge in [-0.15, -0.1) is 15.0 Å². The fourth-order valence-corrected chi connectivity index (χ4v) is 3.50. The van der Waals surface area contributed by atoms with Crippen LogP contribution in [0.5, 0.6) is 11.5 Å². The van der Waals surface area contributed by atoms with Gasteiger partial charge in [0, 0.05) is 23.4 Å². The van der Waals surface area contributed by atoms with Crippen LogP contribution >= 0.6 is 0 Å². The van der Waals surface area contributed by atoms with E-state index in [4.69, 9.17) is 9.47 Å². The molecule has 162 valence electrons. The van der Waals surface area contributed by atoms with E-state index in [0.717, 1.165) is 28.1 Å². The van der Waals surface area contributed by atoms with Gasteiger partial charge in [0.05, 0.1) is 12.8 Å². The standard InChI is InChI=1S/C26H21N5O2/c1-32-25-17-20(31-29-26(28-30-31)23-12-7-8-16-27-23)14-15-22(25)21-11-5-6-13-24(21)33-18-19-9-3-2-4-10-19/h2-17H,18H2,1H3. The summed E-state index contributed by atoms with van der Waals surface area (Å²) in [5.74, 6) is 1.92. The smallest absolute Gasteiger partial charge is 0.223 e. The number of para-hydroxylation sites is 1. The first-order valence-corrected chi connectivity index (χ1v) is 10.5. The molecule has 0 saturated heterocycles. The molecule has 0 amide bonds. The van der Waals surface area contributed by atoms with E-state index >= 15 is 0 Å². The Bertz CT molecular complexity index is 1350. The predicted molar refractivity (Wildman–Crippen MR) is 125 cm³/mol. The maximum Gasteiger partial charge on any atom is 0.223 e. The molecule has 0 aliphatic carbocycles. The Morgan fingerprint density at radius 3 is 2.39 bits per heavy atom. The van der Waals surface area contributed by atoms with E-state index in [2.05, 4.69) is 20.4 Å². The van der Waals surface area contributed by atoms with Crippen LogP contribution in [-0.2, 0) is 6.61 Å². The number of rotatable bonds is 7. The zero-order chi connectivity index (χ0) is 22.5. The molecule has 7 heteroatoms. The molecule has 5 aromatic rings. The van der Waals surface area contributed by atoms with Crippen LogP contribution in [0.4, 0.5) is 0 Å². The monoisotopic (exact) mass is 435 g/mol. The van der Waals surface area contributed by atoms with Gasteiger partial charge in [-0.3, -0.25) is 4.98 Å². The normalized spacial score (nSPS) is 10.7. The van der Waals surface area contributed by atoms with Gasteiger partial charge in [0.2, 0.25) is 5.82 Å². The largest absolute Gasteiger partial charge is 0.496 e. The minimum Gasteiger partial charge on any atom is -0.496 e. The zero-order valence-corrected chi connectivity index (χ0v) is 18.0. The summed E-state index contributed by atoms with van der Waals surface area (Å²) in [6.45, 7) is 0.484. The molecule has 5 rings (SSSR count). The lowest BCUT2D eigenvalue weighted by Crippen LogP contribution is -2.01. The predicted octanol–water partition coefficient (Wildman–Crippen LogP) is 4.98. The molecular weight excluding hydrogens is 414 g/mol. The van der Waals surface area contributed by atoms with Crippen LogP contribution in [0.25, 0.3) is 28.3 Å². The molecule has 3 aromatic carbocycles. The summed E-state index contributed by atoms with van der Waals surface area (Å²) >= 11 is 0. The second kappa shape index (κ2) is 9.32. The van der Waals surface area contributed by atoms with Gasteiger partial charge in [-0.2, -0.15) is 0 Å². The highest BCUT2D eigenvalue weighted by Gasteiger charge is 2.15. The quantitative estimate of drug-likeness (QED) is 0.359. The number of ether oxygens (including phenoxy) is 2. The number of nitrogens with zero attached hydrogens (tertiary/aromatic N) is 5. The number of tetrazole rings is 1. The van der Waals surface area contributed by atoms with Gasteiger partial charge in [0.1, 0.15) is 23.8 Å². The topological polar surface area (TPSA) is 75.0 Å². The van der Waals surface area contributed by atoms with E-state index in [1.165, 1.54) is 4.80 Å². The Morgan fingerprint density at radius 2 is 1.58 bits per heavy atom. The Morgan fingerprint density at radius 1 is 0.788 bits per heavy atom. The second-order valence-electron chi connectivity index (χ2n) is 7.27. The number of hydrogen-bond acceptors (Lipinski definition) is 6. The van der Waals surface area contributed by atoms with Gasteiger partial charge in [-0.1, -0.05) is 54.6 Å². The molecule has 0 bridgehead atoms. The van der Waals surface area contributed by atoms with Crippen molar-refractivity contribution < 1.29 is 9.47 Å². The molecule has 0 radical (unpaired) electrons. The molecule has 0 atom stereocenters. The Labute approximate surface area is 191 Å². The summed E-state index contributed by atoms with van der Waals surface area (Å²) in [5, 5.41) is 12.8. The van der Waals surface area contributed by atoms with Gasteiger partial charge in [-0.25, -0.2) is 0 Å². The maximum atomic E-state index is 6.14. The highest BCUT2D eigenvalue weighted by Crippen LogP contribution is 2.37. The van der Waals surface area contributed by atoms with Crippen LogP contribution in [0, 0.1) is 0 Å². The molecule has 0 aliphatic heterocycles. The average Bonchev–Trinajstić information content (AvgIpc) is 3.39. The van der Waals surface area contributed by atoms with Crippen molar-refractivity contribution in [3.63, 3.8) is 0 Å². The molecule has 0 aliphatic rings. The molecule has 2 heterocycles. The van der Waals surface area contributed by atoms with Crippen molar-refractivity contribution in [3.05, 3.63) is 103 Å². The number of methoxy groups -OCH3 is 1. The molecule has 0 unspecified atom stereocenters. The van der Waals surface area contributed by atoms with Gasteiger partial charge in [-0.05, 0) is 41.1 Å². The van der Waals surface area contributed by atoms with Crippen molar-refractivity contribution in [2.75, 3.05) is 7.11 Å². The van der Waals surface area contributed by atoms with E-state index in [1.54, 1.807) is 13.3 Å². The first kappa shape index (κ1) is 20.4. The summed E-state index contributed by atoms with van der Waals surface area (Å²) < 4.78 is 11.9. The zero-order valence-electron chi connectivity index (χ0n) is 18.0. The van der Waals surface area contributed by atoms with Crippen LogP contribution in [0.1, 0.15) is 5.56 Å². The molecular formula is C26H21N5O2. The van der Waals surface area contributed by atoms with Gasteiger partial charge in [0.25, 0.3) is 0 Å². The van der Waals surface area contributed by atoms with E-state index in [9.17, 15) is 0 Å².